The Bertz CT molecular complexity index is 584. The van der Waals surface area contributed by atoms with Crippen LogP contribution >= 0.6 is 0 Å². The largest absolute Gasteiger partial charge is 0.280 e. The Labute approximate surface area is 89.5 Å². The minimum Gasteiger partial charge on any atom is -0.258 e. The van der Waals surface area contributed by atoms with Crippen LogP contribution in [0.5, 0.6) is 0 Å². The quantitative estimate of drug-likeness (QED) is 0.598. The highest BCUT2D eigenvalue weighted by Crippen LogP contribution is 2.26. The number of hydrogen-bond acceptors (Lipinski definition) is 5. The van der Waals surface area contributed by atoms with Crippen LogP contribution in [-0.4, -0.2) is 20.1 Å². The number of nitro benzene ring substituents is 1. The van der Waals surface area contributed by atoms with Crippen LogP contribution in [0.25, 0.3) is 11.4 Å². The van der Waals surface area contributed by atoms with Gasteiger partial charge in [0.05, 0.1) is 10.5 Å². The molecular weight excluding hydrogens is 210 g/mol. The molecule has 0 unspecified atom stereocenters. The number of nitriles is 1. The van der Waals surface area contributed by atoms with Crippen molar-refractivity contribution in [2.24, 2.45) is 0 Å². The Balaban J connectivity index is 2.56. The van der Waals surface area contributed by atoms with Gasteiger partial charge >= 0.3 is 0 Å². The van der Waals surface area contributed by atoms with Crippen LogP contribution in [0.4, 0.5) is 5.69 Å². The number of nitrogens with zero attached hydrogens (tertiary/aromatic N) is 4. The molecule has 2 aromatic rings. The third-order valence-electron chi connectivity index (χ3n) is 1.94. The van der Waals surface area contributed by atoms with Gasteiger partial charge in [0, 0.05) is 6.07 Å². The second-order valence-electron chi connectivity index (χ2n) is 2.89. The molecule has 0 aliphatic heterocycles. The second-order valence-corrected chi connectivity index (χ2v) is 2.89. The molecule has 16 heavy (non-hydrogen) atoms. The average Bonchev–Trinajstić information content (AvgIpc) is 2.77. The van der Waals surface area contributed by atoms with E-state index in [2.05, 4.69) is 15.2 Å². The van der Waals surface area contributed by atoms with Gasteiger partial charge in [-0.2, -0.15) is 10.2 Å². The molecule has 0 fully saturated rings. The number of aromatic nitrogens is 3. The first-order valence-corrected chi connectivity index (χ1v) is 4.28. The fourth-order valence-electron chi connectivity index (χ4n) is 1.27. The number of para-hydroxylation sites is 1. The summed E-state index contributed by atoms with van der Waals surface area (Å²) in [5.41, 5.74) is 0.227. The Morgan fingerprint density at radius 2 is 2.19 bits per heavy atom. The summed E-state index contributed by atoms with van der Waals surface area (Å²) in [6, 6.07) is 7.86. The summed E-state index contributed by atoms with van der Waals surface area (Å²) >= 11 is 0. The molecule has 0 spiro atoms. The van der Waals surface area contributed by atoms with Gasteiger partial charge in [-0.05, 0) is 6.07 Å². The fraction of sp³-hybridized carbons (Fsp3) is 0. The zero-order valence-corrected chi connectivity index (χ0v) is 7.91. The summed E-state index contributed by atoms with van der Waals surface area (Å²) in [7, 11) is 0. The molecule has 1 aromatic carbocycles. The smallest absolute Gasteiger partial charge is 0.258 e. The first kappa shape index (κ1) is 9.79. The van der Waals surface area contributed by atoms with Gasteiger partial charge < -0.3 is 0 Å². The van der Waals surface area contributed by atoms with E-state index in [4.69, 9.17) is 5.26 Å². The molecular formula is C9H5N5O2. The lowest BCUT2D eigenvalue weighted by Gasteiger charge is -1.97. The van der Waals surface area contributed by atoms with Crippen LogP contribution in [0, 0.1) is 21.4 Å². The van der Waals surface area contributed by atoms with E-state index in [0.717, 1.165) is 0 Å². The normalized spacial score (nSPS) is 9.69. The van der Waals surface area contributed by atoms with E-state index in [0.29, 0.717) is 5.56 Å². The standard InChI is InChI=1S/C9H5N5O2/c10-5-8-11-9(13-12-8)6-3-1-2-4-7(6)14(15)16/h1-4H,(H,11,12,13). The summed E-state index contributed by atoms with van der Waals surface area (Å²) in [6.07, 6.45) is 0. The van der Waals surface area contributed by atoms with Gasteiger partial charge in [-0.3, -0.25) is 15.2 Å². The van der Waals surface area contributed by atoms with Crippen molar-refractivity contribution in [2.45, 2.75) is 0 Å². The van der Waals surface area contributed by atoms with Crippen LogP contribution in [0.3, 0.4) is 0 Å². The highest BCUT2D eigenvalue weighted by Gasteiger charge is 2.17. The van der Waals surface area contributed by atoms with Crippen LogP contribution in [0.15, 0.2) is 24.3 Å². The molecule has 0 saturated heterocycles. The lowest BCUT2D eigenvalue weighted by Crippen LogP contribution is -1.92. The minimum absolute atomic E-state index is 0.0480. The lowest BCUT2D eigenvalue weighted by molar-refractivity contribution is -0.384. The minimum atomic E-state index is -0.510. The average molecular weight is 215 g/mol. The maximum Gasteiger partial charge on any atom is 0.280 e. The summed E-state index contributed by atoms with van der Waals surface area (Å²) in [6.45, 7) is 0. The van der Waals surface area contributed by atoms with Gasteiger partial charge in [0.25, 0.3) is 11.5 Å². The predicted molar refractivity (Wildman–Crippen MR) is 53.2 cm³/mol. The monoisotopic (exact) mass is 215 g/mol. The van der Waals surface area contributed by atoms with E-state index in [1.165, 1.54) is 6.07 Å². The number of aromatic amines is 1. The highest BCUT2D eigenvalue weighted by atomic mass is 16.6. The summed E-state index contributed by atoms with van der Waals surface area (Å²) in [5, 5.41) is 25.4. The van der Waals surface area contributed by atoms with Crippen molar-refractivity contribution in [3.8, 4) is 17.5 Å². The maximum atomic E-state index is 10.7. The third kappa shape index (κ3) is 1.59. The van der Waals surface area contributed by atoms with Crippen LogP contribution in [0.2, 0.25) is 0 Å². The number of benzene rings is 1. The Kier molecular flexibility index (Phi) is 2.31. The van der Waals surface area contributed by atoms with Crippen LogP contribution in [0.1, 0.15) is 5.82 Å². The van der Waals surface area contributed by atoms with E-state index in [1.54, 1.807) is 24.3 Å². The Hall–Kier alpha value is -2.75. The number of nitro groups is 1. The number of hydrogen-bond donors (Lipinski definition) is 1. The molecule has 0 bridgehead atoms. The molecule has 0 aliphatic rings. The van der Waals surface area contributed by atoms with Crippen molar-refractivity contribution in [2.75, 3.05) is 0 Å². The van der Waals surface area contributed by atoms with E-state index in [9.17, 15) is 10.1 Å². The number of rotatable bonds is 2. The number of nitrogens with one attached hydrogen (secondary N) is 1. The zero-order valence-electron chi connectivity index (χ0n) is 7.91. The molecule has 1 aromatic heterocycles. The van der Waals surface area contributed by atoms with Gasteiger partial charge in [-0.1, -0.05) is 12.1 Å². The summed E-state index contributed by atoms with van der Waals surface area (Å²) < 4.78 is 0. The summed E-state index contributed by atoms with van der Waals surface area (Å²) in [5.74, 6) is 0.164. The van der Waals surface area contributed by atoms with E-state index in [-0.39, 0.29) is 17.3 Å². The molecule has 78 valence electrons. The fourth-order valence-corrected chi connectivity index (χ4v) is 1.27. The number of H-pyrrole nitrogens is 1. The van der Waals surface area contributed by atoms with Crippen molar-refractivity contribution < 1.29 is 4.92 Å². The Morgan fingerprint density at radius 3 is 2.81 bits per heavy atom. The third-order valence-corrected chi connectivity index (χ3v) is 1.94. The first-order chi connectivity index (χ1) is 7.72. The first-order valence-electron chi connectivity index (χ1n) is 4.28. The molecule has 0 aliphatic carbocycles. The molecule has 1 heterocycles. The van der Waals surface area contributed by atoms with Crippen molar-refractivity contribution in [3.05, 3.63) is 40.2 Å². The lowest BCUT2D eigenvalue weighted by atomic mass is 10.2. The van der Waals surface area contributed by atoms with Gasteiger partial charge in [0.1, 0.15) is 6.07 Å². The van der Waals surface area contributed by atoms with Crippen LogP contribution in [-0.2, 0) is 0 Å². The molecule has 0 saturated carbocycles. The van der Waals surface area contributed by atoms with Crippen molar-refractivity contribution in [1.29, 1.82) is 5.26 Å². The van der Waals surface area contributed by atoms with Gasteiger partial charge in [-0.25, -0.2) is 0 Å². The van der Waals surface area contributed by atoms with E-state index < -0.39 is 4.92 Å². The predicted octanol–water partition coefficient (Wildman–Crippen LogP) is 1.25. The molecule has 0 amide bonds. The van der Waals surface area contributed by atoms with Gasteiger partial charge in [0.2, 0.25) is 0 Å². The zero-order chi connectivity index (χ0) is 11.5. The van der Waals surface area contributed by atoms with Crippen molar-refractivity contribution in [3.63, 3.8) is 0 Å². The topological polar surface area (TPSA) is 108 Å². The molecule has 0 atom stereocenters. The highest BCUT2D eigenvalue weighted by molar-refractivity contribution is 5.67. The van der Waals surface area contributed by atoms with Crippen molar-refractivity contribution in [1.82, 2.24) is 15.2 Å². The Morgan fingerprint density at radius 1 is 1.44 bits per heavy atom. The maximum absolute atomic E-state index is 10.7. The van der Waals surface area contributed by atoms with E-state index >= 15 is 0 Å². The van der Waals surface area contributed by atoms with Crippen LogP contribution < -0.4 is 0 Å². The second kappa shape index (κ2) is 3.78. The molecule has 7 heteroatoms. The molecule has 2 rings (SSSR count). The van der Waals surface area contributed by atoms with Gasteiger partial charge in [-0.15, -0.1) is 5.10 Å². The van der Waals surface area contributed by atoms with E-state index in [1.807, 2.05) is 0 Å². The molecule has 0 radical (unpaired) electrons. The molecule has 7 nitrogen and oxygen atoms in total. The SMILES string of the molecule is N#Cc1n[nH]c(-c2ccccc2[N+](=O)[O-])n1. The molecule has 1 N–H and O–H groups in total. The summed E-state index contributed by atoms with van der Waals surface area (Å²) in [4.78, 5) is 14.0. The van der Waals surface area contributed by atoms with Crippen molar-refractivity contribution >= 4 is 5.69 Å². The van der Waals surface area contributed by atoms with Gasteiger partial charge in [0.15, 0.2) is 5.82 Å².